The Kier molecular flexibility index (Phi) is 7.96. The molecule has 1 atom stereocenters. The smallest absolute Gasteiger partial charge is 0.404 e. The SMILES string of the molecule is NC(=O)OCCOCCOCCCc1cccc2c1CN(C1CCC(=O)NC1=O)C2=O. The highest BCUT2D eigenvalue weighted by Gasteiger charge is 2.39. The highest BCUT2D eigenvalue weighted by atomic mass is 16.6. The van der Waals surface area contributed by atoms with E-state index in [-0.39, 0.29) is 31.4 Å². The van der Waals surface area contributed by atoms with E-state index >= 15 is 0 Å². The van der Waals surface area contributed by atoms with Crippen LogP contribution < -0.4 is 11.1 Å². The molecule has 0 spiro atoms. The zero-order chi connectivity index (χ0) is 22.2. The number of rotatable bonds is 11. The first kappa shape index (κ1) is 22.7. The Morgan fingerprint density at radius 2 is 1.84 bits per heavy atom. The maximum atomic E-state index is 12.8. The second kappa shape index (κ2) is 10.9. The monoisotopic (exact) mass is 433 g/mol. The lowest BCUT2D eigenvalue weighted by molar-refractivity contribution is -0.136. The minimum absolute atomic E-state index is 0.114. The number of ether oxygens (including phenoxy) is 3. The maximum Gasteiger partial charge on any atom is 0.404 e. The van der Waals surface area contributed by atoms with Crippen molar-refractivity contribution in [3.05, 3.63) is 34.9 Å². The van der Waals surface area contributed by atoms with E-state index in [1.807, 2.05) is 12.1 Å². The summed E-state index contributed by atoms with van der Waals surface area (Å²) in [5.41, 5.74) is 7.46. The second-order valence-corrected chi connectivity index (χ2v) is 7.34. The molecule has 1 aromatic carbocycles. The number of nitrogens with one attached hydrogen (secondary N) is 1. The van der Waals surface area contributed by atoms with Gasteiger partial charge in [-0.2, -0.15) is 0 Å². The van der Waals surface area contributed by atoms with Crippen LogP contribution in [0.5, 0.6) is 0 Å². The summed E-state index contributed by atoms with van der Waals surface area (Å²) in [5.74, 6) is -0.869. The average molecular weight is 433 g/mol. The summed E-state index contributed by atoms with van der Waals surface area (Å²) in [6.45, 7) is 2.10. The topological polar surface area (TPSA) is 137 Å². The number of fused-ring (bicyclic) bond motifs is 1. The molecule has 2 aliphatic heterocycles. The van der Waals surface area contributed by atoms with E-state index in [0.29, 0.717) is 38.3 Å². The molecule has 0 aromatic heterocycles. The van der Waals surface area contributed by atoms with Crippen molar-refractivity contribution in [3.8, 4) is 0 Å². The fourth-order valence-corrected chi connectivity index (χ4v) is 3.77. The van der Waals surface area contributed by atoms with Crippen LogP contribution in [0.15, 0.2) is 18.2 Å². The molecule has 1 fully saturated rings. The van der Waals surface area contributed by atoms with E-state index < -0.39 is 18.0 Å². The van der Waals surface area contributed by atoms with Crippen molar-refractivity contribution in [3.63, 3.8) is 0 Å². The number of carbonyl (C=O) groups is 4. The number of nitrogens with zero attached hydrogens (tertiary/aromatic N) is 1. The Morgan fingerprint density at radius 3 is 2.58 bits per heavy atom. The lowest BCUT2D eigenvalue weighted by Crippen LogP contribution is -2.52. The summed E-state index contributed by atoms with van der Waals surface area (Å²) in [6.07, 6.45) is 1.28. The highest BCUT2D eigenvalue weighted by Crippen LogP contribution is 2.30. The Labute approximate surface area is 180 Å². The van der Waals surface area contributed by atoms with E-state index in [1.165, 1.54) is 0 Å². The van der Waals surface area contributed by atoms with Gasteiger partial charge in [0.05, 0.1) is 19.8 Å². The second-order valence-electron chi connectivity index (χ2n) is 7.34. The molecular formula is C21H27N3O7. The summed E-state index contributed by atoms with van der Waals surface area (Å²) in [7, 11) is 0. The van der Waals surface area contributed by atoms with Gasteiger partial charge >= 0.3 is 6.09 Å². The molecule has 31 heavy (non-hydrogen) atoms. The van der Waals surface area contributed by atoms with Gasteiger partial charge in [0, 0.05) is 25.1 Å². The third-order valence-corrected chi connectivity index (χ3v) is 5.26. The molecule has 0 radical (unpaired) electrons. The number of aryl methyl sites for hydroxylation is 1. The summed E-state index contributed by atoms with van der Waals surface area (Å²) in [6, 6.07) is 5.01. The number of benzene rings is 1. The van der Waals surface area contributed by atoms with Crippen LogP contribution in [0.25, 0.3) is 0 Å². The van der Waals surface area contributed by atoms with Gasteiger partial charge in [-0.25, -0.2) is 4.79 Å². The van der Waals surface area contributed by atoms with Crippen LogP contribution in [0, 0.1) is 0 Å². The average Bonchev–Trinajstić information content (AvgIpc) is 3.06. The van der Waals surface area contributed by atoms with Crippen molar-refractivity contribution in [1.29, 1.82) is 0 Å². The molecule has 1 unspecified atom stereocenters. The van der Waals surface area contributed by atoms with Crippen molar-refractivity contribution in [1.82, 2.24) is 10.2 Å². The number of primary amides is 1. The Morgan fingerprint density at radius 1 is 1.10 bits per heavy atom. The minimum Gasteiger partial charge on any atom is -0.447 e. The summed E-state index contributed by atoms with van der Waals surface area (Å²) in [4.78, 5) is 48.4. The Bertz CT molecular complexity index is 842. The van der Waals surface area contributed by atoms with E-state index in [1.54, 1.807) is 11.0 Å². The van der Waals surface area contributed by atoms with Crippen LogP contribution >= 0.6 is 0 Å². The van der Waals surface area contributed by atoms with Crippen LogP contribution in [0.1, 0.15) is 40.7 Å². The first-order valence-corrected chi connectivity index (χ1v) is 10.3. The summed E-state index contributed by atoms with van der Waals surface area (Å²) in [5, 5.41) is 2.32. The lowest BCUT2D eigenvalue weighted by atomic mass is 10.00. The number of carbonyl (C=O) groups excluding carboxylic acids is 4. The van der Waals surface area contributed by atoms with Crippen molar-refractivity contribution >= 4 is 23.8 Å². The van der Waals surface area contributed by atoms with Crippen molar-refractivity contribution < 1.29 is 33.4 Å². The molecule has 4 amide bonds. The number of nitrogens with two attached hydrogens (primary N) is 1. The van der Waals surface area contributed by atoms with E-state index in [9.17, 15) is 19.2 Å². The van der Waals surface area contributed by atoms with Crippen LogP contribution in [0.4, 0.5) is 4.79 Å². The number of imide groups is 1. The quantitative estimate of drug-likeness (QED) is 0.383. The zero-order valence-electron chi connectivity index (χ0n) is 17.3. The van der Waals surface area contributed by atoms with Crippen LogP contribution in [-0.4, -0.2) is 67.8 Å². The molecule has 10 nitrogen and oxygen atoms in total. The van der Waals surface area contributed by atoms with Gasteiger partial charge in [-0.1, -0.05) is 12.1 Å². The number of hydrogen-bond donors (Lipinski definition) is 2. The van der Waals surface area contributed by atoms with Gasteiger partial charge in [0.2, 0.25) is 11.8 Å². The van der Waals surface area contributed by atoms with Crippen molar-refractivity contribution in [2.45, 2.75) is 38.3 Å². The number of amides is 4. The molecule has 2 aliphatic rings. The Balaban J connectivity index is 1.42. The van der Waals surface area contributed by atoms with E-state index in [2.05, 4.69) is 10.1 Å². The van der Waals surface area contributed by atoms with Gasteiger partial charge in [-0.15, -0.1) is 0 Å². The fourth-order valence-electron chi connectivity index (χ4n) is 3.77. The third-order valence-electron chi connectivity index (χ3n) is 5.26. The van der Waals surface area contributed by atoms with Gasteiger partial charge in [0.1, 0.15) is 12.6 Å². The van der Waals surface area contributed by atoms with Gasteiger partial charge < -0.3 is 24.8 Å². The summed E-state index contributed by atoms with van der Waals surface area (Å²) >= 11 is 0. The maximum absolute atomic E-state index is 12.8. The fraction of sp³-hybridized carbons (Fsp3) is 0.524. The molecule has 3 N–H and O–H groups in total. The van der Waals surface area contributed by atoms with Crippen LogP contribution in [0.2, 0.25) is 0 Å². The molecule has 0 bridgehead atoms. The van der Waals surface area contributed by atoms with Gasteiger partial charge in [-0.05, 0) is 36.5 Å². The van der Waals surface area contributed by atoms with Crippen molar-refractivity contribution in [2.75, 3.05) is 33.0 Å². The van der Waals surface area contributed by atoms with Gasteiger partial charge in [-0.3, -0.25) is 19.7 Å². The van der Waals surface area contributed by atoms with E-state index in [0.717, 1.165) is 24.0 Å². The molecule has 0 saturated carbocycles. The third kappa shape index (κ3) is 6.02. The lowest BCUT2D eigenvalue weighted by Gasteiger charge is -2.29. The molecule has 3 rings (SSSR count). The zero-order valence-corrected chi connectivity index (χ0v) is 17.3. The minimum atomic E-state index is -0.825. The van der Waals surface area contributed by atoms with Gasteiger partial charge in [0.15, 0.2) is 0 Å². The molecule has 1 saturated heterocycles. The number of piperidine rings is 1. The largest absolute Gasteiger partial charge is 0.447 e. The van der Waals surface area contributed by atoms with Gasteiger partial charge in [0.25, 0.3) is 5.91 Å². The predicted octanol–water partition coefficient (Wildman–Crippen LogP) is 0.509. The molecular weight excluding hydrogens is 406 g/mol. The first-order chi connectivity index (χ1) is 15.0. The summed E-state index contributed by atoms with van der Waals surface area (Å²) < 4.78 is 15.3. The van der Waals surface area contributed by atoms with Crippen molar-refractivity contribution in [2.24, 2.45) is 5.73 Å². The molecule has 168 valence electrons. The molecule has 2 heterocycles. The molecule has 10 heteroatoms. The van der Waals surface area contributed by atoms with E-state index in [4.69, 9.17) is 15.2 Å². The first-order valence-electron chi connectivity index (χ1n) is 10.3. The highest BCUT2D eigenvalue weighted by molar-refractivity contribution is 6.05. The normalized spacial score (nSPS) is 18.1. The molecule has 1 aromatic rings. The Hall–Kier alpha value is -2.98. The molecule has 0 aliphatic carbocycles. The number of hydrogen-bond acceptors (Lipinski definition) is 7. The van der Waals surface area contributed by atoms with Crippen LogP contribution in [-0.2, 0) is 36.8 Å². The predicted molar refractivity (Wildman–Crippen MR) is 108 cm³/mol. The standard InChI is InChI=1S/C21H27N3O7/c22-21(28)31-12-11-30-10-9-29-8-2-4-14-3-1-5-15-16(14)13-24(20(15)27)17-6-7-18(25)23-19(17)26/h1,3,5,17H,2,4,6-13H2,(H2,22,28)(H,23,25,26). The van der Waals surface area contributed by atoms with Crippen LogP contribution in [0.3, 0.4) is 0 Å².